The Morgan fingerprint density at radius 3 is 2.03 bits per heavy atom. The Bertz CT molecular complexity index is 964. The summed E-state index contributed by atoms with van der Waals surface area (Å²) in [5.74, 6) is -0.179. The number of ketones is 1. The first-order valence-electron chi connectivity index (χ1n) is 10.1. The van der Waals surface area contributed by atoms with Gasteiger partial charge in [0.15, 0.2) is 0 Å². The van der Waals surface area contributed by atoms with Crippen molar-refractivity contribution in [3.8, 4) is 11.5 Å². The molecule has 7 nitrogen and oxygen atoms in total. The predicted octanol–water partition coefficient (Wildman–Crippen LogP) is 3.08. The summed E-state index contributed by atoms with van der Waals surface area (Å²) in [5.41, 5.74) is 1.27. The average molecular weight is 424 g/mol. The number of benzene rings is 2. The van der Waals surface area contributed by atoms with Crippen LogP contribution in [0.5, 0.6) is 11.5 Å². The van der Waals surface area contributed by atoms with Crippen LogP contribution in [0.2, 0.25) is 0 Å². The van der Waals surface area contributed by atoms with Crippen molar-refractivity contribution in [2.75, 3.05) is 41.4 Å². The molecule has 0 saturated carbocycles. The second-order valence-corrected chi connectivity index (χ2v) is 7.65. The molecule has 0 bridgehead atoms. The van der Waals surface area contributed by atoms with Crippen molar-refractivity contribution in [3.05, 3.63) is 65.2 Å². The fourth-order valence-corrected chi connectivity index (χ4v) is 3.71. The molecule has 1 amide bonds. The number of likely N-dealkylation sites (tertiary alicyclic amines) is 1. The van der Waals surface area contributed by atoms with Crippen LogP contribution >= 0.6 is 0 Å². The van der Waals surface area contributed by atoms with E-state index in [1.54, 1.807) is 55.5 Å². The first-order chi connectivity index (χ1) is 14.9. The summed E-state index contributed by atoms with van der Waals surface area (Å²) in [7, 11) is 7.04. The van der Waals surface area contributed by atoms with Gasteiger partial charge in [-0.2, -0.15) is 0 Å². The molecule has 0 spiro atoms. The van der Waals surface area contributed by atoms with Crippen LogP contribution in [-0.4, -0.2) is 68.0 Å². The van der Waals surface area contributed by atoms with E-state index in [9.17, 15) is 14.7 Å². The maximum atomic E-state index is 13.0. The van der Waals surface area contributed by atoms with Crippen molar-refractivity contribution in [2.45, 2.75) is 12.5 Å². The minimum atomic E-state index is -0.681. The van der Waals surface area contributed by atoms with E-state index in [1.165, 1.54) is 0 Å². The molecule has 2 aromatic carbocycles. The van der Waals surface area contributed by atoms with E-state index in [4.69, 9.17) is 9.47 Å². The predicted molar refractivity (Wildman–Crippen MR) is 118 cm³/mol. The molecule has 3 rings (SSSR count). The third kappa shape index (κ3) is 4.72. The van der Waals surface area contributed by atoms with E-state index in [0.717, 1.165) is 12.1 Å². The lowest BCUT2D eigenvalue weighted by Crippen LogP contribution is -2.32. The summed E-state index contributed by atoms with van der Waals surface area (Å²) in [5, 5.41) is 11.0. The van der Waals surface area contributed by atoms with Crippen molar-refractivity contribution >= 4 is 17.4 Å². The van der Waals surface area contributed by atoms with E-state index in [-0.39, 0.29) is 11.3 Å². The summed E-state index contributed by atoms with van der Waals surface area (Å²) >= 11 is 0. The van der Waals surface area contributed by atoms with Gasteiger partial charge in [0.2, 0.25) is 0 Å². The minimum absolute atomic E-state index is 0.0881. The second kappa shape index (κ2) is 9.66. The number of methoxy groups -OCH3 is 2. The molecule has 31 heavy (non-hydrogen) atoms. The molecule has 1 saturated heterocycles. The quantitative estimate of drug-likeness (QED) is 0.399. The van der Waals surface area contributed by atoms with Gasteiger partial charge in [-0.1, -0.05) is 12.1 Å². The minimum Gasteiger partial charge on any atom is -0.507 e. The molecule has 1 aliphatic rings. The highest BCUT2D eigenvalue weighted by Gasteiger charge is 2.45. The van der Waals surface area contributed by atoms with Crippen LogP contribution in [0.15, 0.2) is 54.1 Å². The van der Waals surface area contributed by atoms with Gasteiger partial charge < -0.3 is 24.4 Å². The summed E-state index contributed by atoms with van der Waals surface area (Å²) in [6.07, 6.45) is 0.704. The number of aliphatic hydroxyl groups excluding tert-OH is 1. The zero-order valence-corrected chi connectivity index (χ0v) is 18.3. The van der Waals surface area contributed by atoms with Crippen LogP contribution in [0.4, 0.5) is 0 Å². The molecule has 0 aliphatic carbocycles. The molecular formula is C24H28N2O5. The molecule has 164 valence electrons. The van der Waals surface area contributed by atoms with E-state index >= 15 is 0 Å². The number of hydrogen-bond donors (Lipinski definition) is 1. The first kappa shape index (κ1) is 22.4. The van der Waals surface area contributed by atoms with Gasteiger partial charge in [0.1, 0.15) is 17.3 Å². The monoisotopic (exact) mass is 424 g/mol. The Hall–Kier alpha value is -3.32. The standard InChI is InChI=1S/C24H28N2O5/c1-25(2)14-5-15-26-21(16-6-10-18(30-3)11-7-16)20(23(28)24(26)29)22(27)17-8-12-19(31-4)13-9-17/h6-13,21,27H,5,14-15H2,1-4H3/b22-20+/t21-/m1/s1. The second-order valence-electron chi connectivity index (χ2n) is 7.65. The lowest BCUT2D eigenvalue weighted by atomic mass is 9.95. The van der Waals surface area contributed by atoms with Gasteiger partial charge in [-0.25, -0.2) is 0 Å². The van der Waals surface area contributed by atoms with Crippen LogP contribution in [0.1, 0.15) is 23.6 Å². The van der Waals surface area contributed by atoms with Crippen molar-refractivity contribution < 1.29 is 24.2 Å². The molecule has 7 heteroatoms. The van der Waals surface area contributed by atoms with Crippen LogP contribution in [0, 0.1) is 0 Å². The van der Waals surface area contributed by atoms with Gasteiger partial charge in [-0.15, -0.1) is 0 Å². The van der Waals surface area contributed by atoms with Crippen molar-refractivity contribution in [1.82, 2.24) is 9.80 Å². The van der Waals surface area contributed by atoms with Crippen molar-refractivity contribution in [1.29, 1.82) is 0 Å². The Morgan fingerprint density at radius 1 is 0.968 bits per heavy atom. The molecular weight excluding hydrogens is 396 g/mol. The zero-order valence-electron chi connectivity index (χ0n) is 18.3. The fraction of sp³-hybridized carbons (Fsp3) is 0.333. The Morgan fingerprint density at radius 2 is 1.52 bits per heavy atom. The molecule has 0 aromatic heterocycles. The smallest absolute Gasteiger partial charge is 0.295 e. The number of hydrogen-bond acceptors (Lipinski definition) is 6. The summed E-state index contributed by atoms with van der Waals surface area (Å²) in [4.78, 5) is 29.5. The molecule has 2 aromatic rings. The number of Topliss-reactive ketones (excluding diaryl/α,β-unsaturated/α-hetero) is 1. The van der Waals surface area contributed by atoms with Crippen molar-refractivity contribution in [3.63, 3.8) is 0 Å². The van der Waals surface area contributed by atoms with Gasteiger partial charge in [0.05, 0.1) is 25.8 Å². The first-order valence-corrected chi connectivity index (χ1v) is 10.1. The maximum absolute atomic E-state index is 13.0. The number of amides is 1. The average Bonchev–Trinajstić information content (AvgIpc) is 3.03. The summed E-state index contributed by atoms with van der Waals surface area (Å²) < 4.78 is 10.4. The lowest BCUT2D eigenvalue weighted by Gasteiger charge is -2.26. The molecule has 1 fully saturated rings. The highest BCUT2D eigenvalue weighted by Crippen LogP contribution is 2.40. The largest absolute Gasteiger partial charge is 0.507 e. The fourth-order valence-electron chi connectivity index (χ4n) is 3.71. The number of carbonyl (C=O) groups excluding carboxylic acids is 2. The van der Waals surface area contributed by atoms with Gasteiger partial charge in [-0.05, 0) is 69.0 Å². The number of carbonyl (C=O) groups is 2. The number of aliphatic hydroxyl groups is 1. The van der Waals surface area contributed by atoms with Crippen LogP contribution in [0.25, 0.3) is 5.76 Å². The topological polar surface area (TPSA) is 79.3 Å². The van der Waals surface area contributed by atoms with Gasteiger partial charge in [0, 0.05) is 12.1 Å². The van der Waals surface area contributed by atoms with Crippen LogP contribution < -0.4 is 9.47 Å². The Balaban J connectivity index is 2.06. The Labute approximate surface area is 182 Å². The van der Waals surface area contributed by atoms with E-state index in [0.29, 0.717) is 30.0 Å². The maximum Gasteiger partial charge on any atom is 0.295 e. The molecule has 1 aliphatic heterocycles. The highest BCUT2D eigenvalue weighted by atomic mass is 16.5. The third-order valence-electron chi connectivity index (χ3n) is 5.34. The summed E-state index contributed by atoms with van der Waals surface area (Å²) in [6.45, 7) is 1.18. The molecule has 1 N–H and O–H groups in total. The van der Waals surface area contributed by atoms with Crippen molar-refractivity contribution in [2.24, 2.45) is 0 Å². The number of nitrogens with zero attached hydrogens (tertiary/aromatic N) is 2. The molecule has 0 radical (unpaired) electrons. The highest BCUT2D eigenvalue weighted by molar-refractivity contribution is 6.46. The SMILES string of the molecule is COc1ccc(/C(O)=C2\C(=O)C(=O)N(CCCN(C)C)[C@@H]2c2ccc(OC)cc2)cc1. The van der Waals surface area contributed by atoms with Gasteiger partial charge in [0.25, 0.3) is 11.7 Å². The van der Waals surface area contributed by atoms with Gasteiger partial charge >= 0.3 is 0 Å². The Kier molecular flexibility index (Phi) is 6.97. The van der Waals surface area contributed by atoms with E-state index < -0.39 is 17.7 Å². The van der Waals surface area contributed by atoms with Crippen LogP contribution in [0.3, 0.4) is 0 Å². The normalized spacial score (nSPS) is 18.0. The lowest BCUT2D eigenvalue weighted by molar-refractivity contribution is -0.139. The van der Waals surface area contributed by atoms with Crippen LogP contribution in [-0.2, 0) is 9.59 Å². The molecule has 1 heterocycles. The van der Waals surface area contributed by atoms with E-state index in [1.807, 2.05) is 31.1 Å². The third-order valence-corrected chi connectivity index (χ3v) is 5.34. The van der Waals surface area contributed by atoms with E-state index in [2.05, 4.69) is 0 Å². The number of rotatable bonds is 8. The molecule has 0 unspecified atom stereocenters. The molecule has 1 atom stereocenters. The summed E-state index contributed by atoms with van der Waals surface area (Å²) in [6, 6.07) is 13.2. The zero-order chi connectivity index (χ0) is 22.5. The number of ether oxygens (including phenoxy) is 2. The van der Waals surface area contributed by atoms with Gasteiger partial charge in [-0.3, -0.25) is 9.59 Å².